The van der Waals surface area contributed by atoms with Gasteiger partial charge in [0.1, 0.15) is 11.4 Å². The predicted molar refractivity (Wildman–Crippen MR) is 66.5 cm³/mol. The van der Waals surface area contributed by atoms with Crippen LogP contribution < -0.4 is 15.5 Å². The standard InChI is InChI=1S/C13H21NO7/c1-6(2)9(15)7(10(16)17)8(11(18)19)14-12(20)21-13(3,4)5/h6-8H,1-5H3,(H,14,20)(H,16,17)(H,18,19)/p-2. The van der Waals surface area contributed by atoms with Crippen LogP contribution in [0.5, 0.6) is 0 Å². The Bertz CT molecular complexity index is 436. The molecule has 0 saturated heterocycles. The van der Waals surface area contributed by atoms with Crippen LogP contribution in [0.2, 0.25) is 0 Å². The smallest absolute Gasteiger partial charge is 0.408 e. The van der Waals surface area contributed by atoms with E-state index in [4.69, 9.17) is 4.74 Å². The number of aliphatic carboxylic acids is 2. The van der Waals surface area contributed by atoms with Crippen molar-refractivity contribution in [3.63, 3.8) is 0 Å². The first-order chi connectivity index (χ1) is 9.36. The van der Waals surface area contributed by atoms with Gasteiger partial charge in [0, 0.05) is 5.92 Å². The Morgan fingerprint density at radius 1 is 1.00 bits per heavy atom. The summed E-state index contributed by atoms with van der Waals surface area (Å²) in [5, 5.41) is 23.9. The number of rotatable bonds is 6. The second-order valence-corrected chi connectivity index (χ2v) is 5.80. The zero-order valence-electron chi connectivity index (χ0n) is 12.6. The molecule has 8 nitrogen and oxygen atoms in total. The monoisotopic (exact) mass is 301 g/mol. The lowest BCUT2D eigenvalue weighted by Crippen LogP contribution is -2.59. The molecular weight excluding hydrogens is 282 g/mol. The fourth-order valence-corrected chi connectivity index (χ4v) is 1.49. The molecule has 0 aliphatic heterocycles. The summed E-state index contributed by atoms with van der Waals surface area (Å²) in [6.45, 7) is 7.42. The average Bonchev–Trinajstić information content (AvgIpc) is 2.24. The van der Waals surface area contributed by atoms with Crippen LogP contribution in [0.1, 0.15) is 34.6 Å². The molecule has 0 aromatic heterocycles. The lowest BCUT2D eigenvalue weighted by Gasteiger charge is -2.30. The van der Waals surface area contributed by atoms with Gasteiger partial charge in [0.05, 0.1) is 23.9 Å². The highest BCUT2D eigenvalue weighted by atomic mass is 16.6. The topological polar surface area (TPSA) is 136 Å². The first kappa shape index (κ1) is 18.9. The number of ketones is 1. The molecule has 0 bridgehead atoms. The van der Waals surface area contributed by atoms with Gasteiger partial charge in [0.2, 0.25) is 0 Å². The predicted octanol–water partition coefficient (Wildman–Crippen LogP) is -1.78. The molecule has 21 heavy (non-hydrogen) atoms. The van der Waals surface area contributed by atoms with E-state index in [1.807, 2.05) is 5.32 Å². The van der Waals surface area contributed by atoms with Crippen LogP contribution in [-0.4, -0.2) is 35.5 Å². The molecule has 120 valence electrons. The number of ether oxygens (including phenoxy) is 1. The highest BCUT2D eigenvalue weighted by molar-refractivity contribution is 6.03. The first-order valence-electron chi connectivity index (χ1n) is 6.31. The van der Waals surface area contributed by atoms with Gasteiger partial charge in [-0.1, -0.05) is 13.8 Å². The summed E-state index contributed by atoms with van der Waals surface area (Å²) < 4.78 is 4.82. The fourth-order valence-electron chi connectivity index (χ4n) is 1.49. The van der Waals surface area contributed by atoms with E-state index in [0.29, 0.717) is 0 Å². The highest BCUT2D eigenvalue weighted by Gasteiger charge is 2.34. The normalized spacial score (nSPS) is 14.2. The van der Waals surface area contributed by atoms with Crippen LogP contribution in [-0.2, 0) is 19.1 Å². The first-order valence-corrected chi connectivity index (χ1v) is 6.31. The maximum Gasteiger partial charge on any atom is 0.408 e. The zero-order valence-corrected chi connectivity index (χ0v) is 12.6. The number of carbonyl (C=O) groups excluding carboxylic acids is 4. The molecule has 1 N–H and O–H groups in total. The minimum absolute atomic E-state index is 0.754. The molecular formula is C13H19NO7-2. The largest absolute Gasteiger partial charge is 0.549 e. The summed E-state index contributed by atoms with van der Waals surface area (Å²) >= 11 is 0. The molecule has 2 atom stereocenters. The van der Waals surface area contributed by atoms with E-state index in [1.165, 1.54) is 34.6 Å². The zero-order chi connectivity index (χ0) is 17.0. The molecule has 1 amide bonds. The minimum atomic E-state index is -2.07. The Hall–Kier alpha value is -2.12. The SMILES string of the molecule is CC(C)C(=O)C(C(=O)[O-])C(NC(=O)OC(C)(C)C)C(=O)[O-]. The molecule has 0 aromatic rings. The number of amides is 1. The van der Waals surface area contributed by atoms with E-state index in [9.17, 15) is 29.4 Å². The van der Waals surface area contributed by atoms with E-state index < -0.39 is 47.3 Å². The second kappa shape index (κ2) is 7.05. The maximum atomic E-state index is 11.8. The number of nitrogens with one attached hydrogen (secondary N) is 1. The van der Waals surface area contributed by atoms with Crippen LogP contribution >= 0.6 is 0 Å². The third-order valence-corrected chi connectivity index (χ3v) is 2.39. The molecule has 0 spiro atoms. The van der Waals surface area contributed by atoms with Gasteiger partial charge < -0.3 is 29.9 Å². The molecule has 0 heterocycles. The number of hydrogen-bond acceptors (Lipinski definition) is 7. The van der Waals surface area contributed by atoms with Gasteiger partial charge in [-0.05, 0) is 20.8 Å². The van der Waals surface area contributed by atoms with Gasteiger partial charge in [-0.2, -0.15) is 0 Å². The molecule has 0 saturated carbocycles. The number of carbonyl (C=O) groups is 4. The van der Waals surface area contributed by atoms with Crippen molar-refractivity contribution in [1.29, 1.82) is 0 Å². The van der Waals surface area contributed by atoms with E-state index in [0.717, 1.165) is 0 Å². The molecule has 0 aliphatic rings. The van der Waals surface area contributed by atoms with Crippen molar-refractivity contribution < 1.29 is 34.1 Å². The Balaban J connectivity index is 5.27. The molecule has 0 aliphatic carbocycles. The Morgan fingerprint density at radius 2 is 1.48 bits per heavy atom. The lowest BCUT2D eigenvalue weighted by atomic mass is 9.89. The molecule has 0 aromatic carbocycles. The Labute approximate surface area is 122 Å². The van der Waals surface area contributed by atoms with Crippen molar-refractivity contribution in [3.05, 3.63) is 0 Å². The molecule has 2 unspecified atom stereocenters. The third-order valence-electron chi connectivity index (χ3n) is 2.39. The molecule has 0 radical (unpaired) electrons. The van der Waals surface area contributed by atoms with Crippen LogP contribution in [0.4, 0.5) is 4.79 Å². The van der Waals surface area contributed by atoms with Crippen molar-refractivity contribution in [2.24, 2.45) is 11.8 Å². The maximum absolute atomic E-state index is 11.8. The number of carboxylic acid groups (broad SMARTS) is 2. The number of Topliss-reactive ketones (excluding diaryl/α,β-unsaturated/α-hetero) is 1. The lowest BCUT2D eigenvalue weighted by molar-refractivity contribution is -0.321. The molecule has 0 fully saturated rings. The van der Waals surface area contributed by atoms with E-state index in [1.54, 1.807) is 0 Å². The number of alkyl carbamates (subject to hydrolysis) is 1. The second-order valence-electron chi connectivity index (χ2n) is 5.80. The van der Waals surface area contributed by atoms with E-state index in [-0.39, 0.29) is 0 Å². The number of carboxylic acids is 2. The van der Waals surface area contributed by atoms with Crippen LogP contribution in [0.3, 0.4) is 0 Å². The number of hydrogen-bond donors (Lipinski definition) is 1. The Kier molecular flexibility index (Phi) is 6.34. The summed E-state index contributed by atoms with van der Waals surface area (Å²) in [5.41, 5.74) is -0.917. The van der Waals surface area contributed by atoms with Gasteiger partial charge in [-0.15, -0.1) is 0 Å². The van der Waals surface area contributed by atoms with Crippen LogP contribution in [0.25, 0.3) is 0 Å². The van der Waals surface area contributed by atoms with Crippen LogP contribution in [0, 0.1) is 11.8 Å². The van der Waals surface area contributed by atoms with Crippen molar-refractivity contribution in [2.75, 3.05) is 0 Å². The van der Waals surface area contributed by atoms with Gasteiger partial charge in [-0.25, -0.2) is 4.79 Å². The van der Waals surface area contributed by atoms with Gasteiger partial charge in [0.25, 0.3) is 0 Å². The summed E-state index contributed by atoms with van der Waals surface area (Å²) in [6, 6.07) is -2.07. The van der Waals surface area contributed by atoms with Crippen molar-refractivity contribution >= 4 is 23.8 Å². The van der Waals surface area contributed by atoms with Gasteiger partial charge >= 0.3 is 6.09 Å². The summed E-state index contributed by atoms with van der Waals surface area (Å²) in [5.74, 6) is -7.51. The fraction of sp³-hybridized carbons (Fsp3) is 0.692. The highest BCUT2D eigenvalue weighted by Crippen LogP contribution is 2.13. The molecule has 8 heteroatoms. The Morgan fingerprint density at radius 3 is 1.76 bits per heavy atom. The summed E-state index contributed by atoms with van der Waals surface area (Å²) in [6.07, 6.45) is -1.17. The molecule has 0 rings (SSSR count). The van der Waals surface area contributed by atoms with Crippen LogP contribution in [0.15, 0.2) is 0 Å². The third kappa shape index (κ3) is 6.24. The van der Waals surface area contributed by atoms with Crippen molar-refractivity contribution in [2.45, 2.75) is 46.3 Å². The van der Waals surface area contributed by atoms with Gasteiger partial charge in [-0.3, -0.25) is 4.79 Å². The van der Waals surface area contributed by atoms with E-state index >= 15 is 0 Å². The quantitative estimate of drug-likeness (QED) is 0.573. The van der Waals surface area contributed by atoms with E-state index in [2.05, 4.69) is 0 Å². The summed E-state index contributed by atoms with van der Waals surface area (Å²) in [7, 11) is 0. The average molecular weight is 301 g/mol. The van der Waals surface area contributed by atoms with Crippen molar-refractivity contribution in [1.82, 2.24) is 5.32 Å². The van der Waals surface area contributed by atoms with Crippen molar-refractivity contribution in [3.8, 4) is 0 Å². The summed E-state index contributed by atoms with van der Waals surface area (Å²) in [4.78, 5) is 45.4. The minimum Gasteiger partial charge on any atom is -0.549 e. The van der Waals surface area contributed by atoms with Gasteiger partial charge in [0.15, 0.2) is 0 Å².